The number of rotatable bonds is 22. The molecule has 7 amide bonds. The molecule has 6 N–H and O–H groups in total. The first kappa shape index (κ1) is 44.1. The van der Waals surface area contributed by atoms with Crippen LogP contribution in [0, 0.1) is 11.8 Å². The average molecular weight is 744 g/mol. The van der Waals surface area contributed by atoms with Crippen molar-refractivity contribution < 1.29 is 43.1 Å². The SMILES string of the molecule is CCCC[C@@H](C=O)NC(=O)[C@H](CC(C)C)NC(=O)[C@H](CC(C)C)NC(=O)CNC(=O)CNC(=O)[C@@H]1CCCN1C(=O)CNC(=O)OCc1ccccc1. The van der Waals surface area contributed by atoms with Gasteiger partial charge >= 0.3 is 6.09 Å². The highest BCUT2D eigenvalue weighted by Crippen LogP contribution is 2.17. The summed E-state index contributed by atoms with van der Waals surface area (Å²) in [5, 5.41) is 15.3. The number of carbonyl (C=O) groups is 8. The van der Waals surface area contributed by atoms with Crippen LogP contribution in [0.1, 0.15) is 85.1 Å². The van der Waals surface area contributed by atoms with Crippen LogP contribution in [-0.4, -0.2) is 103 Å². The second kappa shape index (κ2) is 23.5. The van der Waals surface area contributed by atoms with Crippen molar-refractivity contribution in [1.29, 1.82) is 0 Å². The topological polar surface area (TPSA) is 221 Å². The van der Waals surface area contributed by atoms with Crippen molar-refractivity contribution in [3.05, 3.63) is 35.9 Å². The maximum absolute atomic E-state index is 13.3. The second-order valence-corrected chi connectivity index (χ2v) is 14.0. The molecule has 1 aromatic carbocycles. The maximum Gasteiger partial charge on any atom is 0.407 e. The Morgan fingerprint density at radius 1 is 0.811 bits per heavy atom. The van der Waals surface area contributed by atoms with Crippen molar-refractivity contribution in [1.82, 2.24) is 36.8 Å². The summed E-state index contributed by atoms with van der Waals surface area (Å²) in [4.78, 5) is 102. The molecule has 0 radical (unpaired) electrons. The van der Waals surface area contributed by atoms with E-state index in [0.29, 0.717) is 38.5 Å². The molecular weight excluding hydrogens is 686 g/mol. The molecule has 1 aromatic rings. The normalized spacial score (nSPS) is 15.5. The van der Waals surface area contributed by atoms with Crippen molar-refractivity contribution in [3.63, 3.8) is 0 Å². The van der Waals surface area contributed by atoms with Crippen LogP contribution in [-0.2, 0) is 44.9 Å². The molecule has 0 aromatic heterocycles. The van der Waals surface area contributed by atoms with Gasteiger partial charge in [0.1, 0.15) is 37.6 Å². The number of hydrogen-bond acceptors (Lipinski definition) is 9. The Bertz CT molecular complexity index is 1390. The number of benzene rings is 1. The molecule has 16 nitrogen and oxygen atoms in total. The molecule has 0 spiro atoms. The Kier molecular flexibility index (Phi) is 19.6. The van der Waals surface area contributed by atoms with Crippen molar-refractivity contribution >= 4 is 47.8 Å². The van der Waals surface area contributed by atoms with E-state index in [4.69, 9.17) is 4.74 Å². The number of likely N-dealkylation sites (tertiary alicyclic amines) is 1. The Morgan fingerprint density at radius 2 is 1.43 bits per heavy atom. The van der Waals surface area contributed by atoms with Crippen molar-refractivity contribution in [2.75, 3.05) is 26.2 Å². The van der Waals surface area contributed by atoms with Gasteiger partial charge in [-0.3, -0.25) is 28.8 Å². The lowest BCUT2D eigenvalue weighted by molar-refractivity contribution is -0.138. The number of ether oxygens (including phenoxy) is 1. The summed E-state index contributed by atoms with van der Waals surface area (Å²) < 4.78 is 5.11. The molecule has 1 heterocycles. The zero-order valence-electron chi connectivity index (χ0n) is 31.5. The average Bonchev–Trinajstić information content (AvgIpc) is 3.62. The van der Waals surface area contributed by atoms with E-state index in [2.05, 4.69) is 31.9 Å². The largest absolute Gasteiger partial charge is 0.445 e. The molecule has 0 saturated carbocycles. The number of nitrogens with zero attached hydrogens (tertiary/aromatic N) is 1. The van der Waals surface area contributed by atoms with Gasteiger partial charge in [-0.2, -0.15) is 0 Å². The quantitative estimate of drug-likeness (QED) is 0.0935. The van der Waals surface area contributed by atoms with Gasteiger partial charge in [-0.15, -0.1) is 0 Å². The first-order valence-corrected chi connectivity index (χ1v) is 18.4. The Morgan fingerprint density at radius 3 is 2.06 bits per heavy atom. The summed E-state index contributed by atoms with van der Waals surface area (Å²) in [5.74, 6) is -3.37. The maximum atomic E-state index is 13.3. The third-order valence-corrected chi connectivity index (χ3v) is 8.40. The summed E-state index contributed by atoms with van der Waals surface area (Å²) in [6.07, 6.45) is 3.51. The van der Waals surface area contributed by atoms with Crippen LogP contribution in [0.25, 0.3) is 0 Å². The molecule has 0 aliphatic carbocycles. The predicted octanol–water partition coefficient (Wildman–Crippen LogP) is 1.07. The monoisotopic (exact) mass is 743 g/mol. The molecule has 294 valence electrons. The summed E-state index contributed by atoms with van der Waals surface area (Å²) in [6.45, 7) is 8.54. The fourth-order valence-corrected chi connectivity index (χ4v) is 5.69. The Hall–Kier alpha value is -5.02. The fraction of sp³-hybridized carbons (Fsp3) is 0.622. The third-order valence-electron chi connectivity index (χ3n) is 8.40. The number of carbonyl (C=O) groups excluding carboxylic acids is 8. The molecular formula is C37H57N7O9. The number of alkyl carbamates (subject to hydrolysis) is 1. The minimum atomic E-state index is -1.00. The van der Waals surface area contributed by atoms with E-state index in [1.807, 2.05) is 52.8 Å². The van der Waals surface area contributed by atoms with Crippen molar-refractivity contribution in [2.45, 2.75) is 110 Å². The molecule has 2 rings (SSSR count). The summed E-state index contributed by atoms with van der Waals surface area (Å²) in [5.41, 5.74) is 0.787. The lowest BCUT2D eigenvalue weighted by atomic mass is 9.99. The number of aldehydes is 1. The van der Waals surface area contributed by atoms with Crippen molar-refractivity contribution in [2.24, 2.45) is 11.8 Å². The van der Waals surface area contributed by atoms with Crippen LogP contribution in [0.5, 0.6) is 0 Å². The molecule has 1 aliphatic heterocycles. The van der Waals surface area contributed by atoms with Crippen LogP contribution in [0.3, 0.4) is 0 Å². The second-order valence-electron chi connectivity index (χ2n) is 14.0. The fourth-order valence-electron chi connectivity index (χ4n) is 5.69. The van der Waals surface area contributed by atoms with Gasteiger partial charge in [0.15, 0.2) is 0 Å². The third kappa shape index (κ3) is 16.9. The highest BCUT2D eigenvalue weighted by Gasteiger charge is 2.34. The van der Waals surface area contributed by atoms with E-state index in [1.54, 1.807) is 12.1 Å². The Labute approximate surface area is 311 Å². The molecule has 1 fully saturated rings. The first-order chi connectivity index (χ1) is 25.2. The van der Waals surface area contributed by atoms with Crippen LogP contribution in [0.2, 0.25) is 0 Å². The van der Waals surface area contributed by atoms with Gasteiger partial charge in [0.2, 0.25) is 35.4 Å². The van der Waals surface area contributed by atoms with Crippen molar-refractivity contribution in [3.8, 4) is 0 Å². The van der Waals surface area contributed by atoms with Gasteiger partial charge in [0.25, 0.3) is 0 Å². The lowest BCUT2D eigenvalue weighted by Gasteiger charge is -2.26. The molecule has 0 bridgehead atoms. The number of nitrogens with one attached hydrogen (secondary N) is 6. The minimum absolute atomic E-state index is 0.00649. The highest BCUT2D eigenvalue weighted by atomic mass is 16.5. The summed E-state index contributed by atoms with van der Waals surface area (Å²) in [7, 11) is 0. The number of hydrogen-bond donors (Lipinski definition) is 6. The van der Waals surface area contributed by atoms with Gasteiger partial charge in [-0.05, 0) is 49.5 Å². The molecule has 4 atom stereocenters. The van der Waals surface area contributed by atoms with Gasteiger partial charge in [-0.1, -0.05) is 77.8 Å². The van der Waals surface area contributed by atoms with Crippen LogP contribution in [0.4, 0.5) is 4.79 Å². The molecule has 16 heteroatoms. The van der Waals surface area contributed by atoms with Crippen LogP contribution >= 0.6 is 0 Å². The Balaban J connectivity index is 1.84. The molecule has 1 saturated heterocycles. The molecule has 0 unspecified atom stereocenters. The van der Waals surface area contributed by atoms with E-state index in [0.717, 1.165) is 18.4 Å². The van der Waals surface area contributed by atoms with Crippen LogP contribution < -0.4 is 31.9 Å². The van der Waals surface area contributed by atoms with E-state index in [9.17, 15) is 38.4 Å². The van der Waals surface area contributed by atoms with Gasteiger partial charge in [-0.25, -0.2) is 4.79 Å². The standard InChI is InChI=1S/C37H57N7O9/c1-6-7-14-27(22-45)41-34(49)29(18-25(4)5)43-35(50)28(17-24(2)3)42-32(47)20-38-31(46)19-39-36(51)30-15-11-16-44(30)33(48)21-40-37(52)53-23-26-12-9-8-10-13-26/h8-10,12-13,22,24-25,27-30H,6-7,11,14-21,23H2,1-5H3,(H,38,46)(H,39,51)(H,40,52)(H,41,49)(H,42,47)(H,43,50)/t27-,28-,29-,30-/m0/s1. The summed E-state index contributed by atoms with van der Waals surface area (Å²) in [6, 6.07) is 5.61. The van der Waals surface area contributed by atoms with E-state index in [1.165, 1.54) is 4.90 Å². The smallest absolute Gasteiger partial charge is 0.407 e. The summed E-state index contributed by atoms with van der Waals surface area (Å²) >= 11 is 0. The highest BCUT2D eigenvalue weighted by molar-refractivity contribution is 5.95. The van der Waals surface area contributed by atoms with Gasteiger partial charge in [0.05, 0.1) is 19.1 Å². The number of amides is 7. The van der Waals surface area contributed by atoms with Crippen LogP contribution in [0.15, 0.2) is 30.3 Å². The van der Waals surface area contributed by atoms with E-state index in [-0.39, 0.29) is 31.4 Å². The zero-order valence-corrected chi connectivity index (χ0v) is 31.5. The van der Waals surface area contributed by atoms with E-state index >= 15 is 0 Å². The lowest BCUT2D eigenvalue weighted by Crippen LogP contribution is -2.56. The zero-order chi connectivity index (χ0) is 39.3. The van der Waals surface area contributed by atoms with Gasteiger partial charge < -0.3 is 46.3 Å². The molecule has 1 aliphatic rings. The van der Waals surface area contributed by atoms with E-state index < -0.39 is 78.8 Å². The number of unbranched alkanes of at least 4 members (excludes halogenated alkanes) is 1. The first-order valence-electron chi connectivity index (χ1n) is 18.4. The van der Waals surface area contributed by atoms with Gasteiger partial charge in [0, 0.05) is 6.54 Å². The minimum Gasteiger partial charge on any atom is -0.445 e. The molecule has 53 heavy (non-hydrogen) atoms. The predicted molar refractivity (Wildman–Crippen MR) is 196 cm³/mol.